The van der Waals surface area contributed by atoms with Crippen LogP contribution in [0.2, 0.25) is 0 Å². The van der Waals surface area contributed by atoms with Crippen LogP contribution in [0.4, 0.5) is 0 Å². The second kappa shape index (κ2) is 5.90. The Kier molecular flexibility index (Phi) is 4.20. The summed E-state index contributed by atoms with van der Waals surface area (Å²) < 4.78 is 0. The van der Waals surface area contributed by atoms with E-state index in [1.807, 2.05) is 16.8 Å². The maximum Gasteiger partial charge on any atom is 0.0798 e. The summed E-state index contributed by atoms with van der Waals surface area (Å²) in [5.41, 5.74) is 3.22. The fourth-order valence-electron chi connectivity index (χ4n) is 3.69. The Bertz CT molecular complexity index is 403. The van der Waals surface area contributed by atoms with Crippen molar-refractivity contribution >= 4 is 11.3 Å². The average molecular weight is 279 g/mol. The molecule has 0 aromatic carbocycles. The van der Waals surface area contributed by atoms with Gasteiger partial charge in [-0.05, 0) is 45.6 Å². The molecule has 19 heavy (non-hydrogen) atoms. The number of nitrogens with one attached hydrogen (secondary N) is 1. The van der Waals surface area contributed by atoms with E-state index in [2.05, 4.69) is 29.0 Å². The molecule has 2 fully saturated rings. The van der Waals surface area contributed by atoms with Gasteiger partial charge in [-0.15, -0.1) is 11.3 Å². The highest BCUT2D eigenvalue weighted by molar-refractivity contribution is 7.09. The molecule has 2 bridgehead atoms. The molecule has 0 spiro atoms. The monoisotopic (exact) mass is 279 g/mol. The Morgan fingerprint density at radius 1 is 1.37 bits per heavy atom. The number of thiazole rings is 1. The van der Waals surface area contributed by atoms with Crippen LogP contribution in [0.3, 0.4) is 0 Å². The van der Waals surface area contributed by atoms with E-state index in [0.29, 0.717) is 0 Å². The van der Waals surface area contributed by atoms with E-state index in [0.717, 1.165) is 24.7 Å². The van der Waals surface area contributed by atoms with Crippen LogP contribution in [-0.2, 0) is 6.54 Å². The minimum absolute atomic E-state index is 0.760. The van der Waals surface area contributed by atoms with Gasteiger partial charge in [0.15, 0.2) is 0 Å². The molecule has 106 valence electrons. The van der Waals surface area contributed by atoms with Gasteiger partial charge in [-0.1, -0.05) is 6.92 Å². The molecule has 0 aliphatic carbocycles. The van der Waals surface area contributed by atoms with Crippen LogP contribution in [0.1, 0.15) is 49.6 Å². The zero-order valence-electron chi connectivity index (χ0n) is 12.1. The van der Waals surface area contributed by atoms with Crippen molar-refractivity contribution in [3.05, 3.63) is 16.1 Å². The standard InChI is InChI=1S/C15H25N3S/c1-3-6-16-12-7-13-4-5-14(8-12)18(13)9-15-11(2)17-10-19-15/h10,12-14,16H,3-9H2,1-2H3. The van der Waals surface area contributed by atoms with Crippen molar-refractivity contribution in [1.29, 1.82) is 0 Å². The number of rotatable bonds is 5. The second-order valence-corrected chi connectivity index (χ2v) is 6.98. The number of nitrogens with zero attached hydrogens (tertiary/aromatic N) is 2. The van der Waals surface area contributed by atoms with Gasteiger partial charge in [0.2, 0.25) is 0 Å². The van der Waals surface area contributed by atoms with E-state index >= 15 is 0 Å². The van der Waals surface area contributed by atoms with E-state index in [9.17, 15) is 0 Å². The van der Waals surface area contributed by atoms with E-state index in [-0.39, 0.29) is 0 Å². The van der Waals surface area contributed by atoms with Crippen molar-refractivity contribution < 1.29 is 0 Å². The summed E-state index contributed by atoms with van der Waals surface area (Å²) in [6.07, 6.45) is 6.72. The zero-order valence-corrected chi connectivity index (χ0v) is 12.9. The summed E-state index contributed by atoms with van der Waals surface area (Å²) in [5.74, 6) is 0. The van der Waals surface area contributed by atoms with E-state index in [4.69, 9.17) is 0 Å². The molecular formula is C15H25N3S. The summed E-state index contributed by atoms with van der Waals surface area (Å²) in [7, 11) is 0. The average Bonchev–Trinajstić information content (AvgIpc) is 2.90. The molecule has 0 saturated carbocycles. The van der Waals surface area contributed by atoms with Gasteiger partial charge < -0.3 is 5.32 Å². The first-order valence-electron chi connectivity index (χ1n) is 7.66. The molecular weight excluding hydrogens is 254 g/mol. The summed E-state index contributed by atoms with van der Waals surface area (Å²) in [5, 5.41) is 3.73. The van der Waals surface area contributed by atoms with Crippen LogP contribution in [0.25, 0.3) is 0 Å². The molecule has 1 aromatic heterocycles. The molecule has 1 aromatic rings. The highest BCUT2D eigenvalue weighted by atomic mass is 32.1. The maximum atomic E-state index is 4.39. The predicted octanol–water partition coefficient (Wildman–Crippen LogP) is 2.95. The zero-order chi connectivity index (χ0) is 13.2. The Morgan fingerprint density at radius 2 is 2.11 bits per heavy atom. The van der Waals surface area contributed by atoms with Crippen molar-refractivity contribution in [3.63, 3.8) is 0 Å². The lowest BCUT2D eigenvalue weighted by Crippen LogP contribution is -2.48. The number of aryl methyl sites for hydroxylation is 1. The summed E-state index contributed by atoms with van der Waals surface area (Å²) in [4.78, 5) is 8.61. The number of hydrogen-bond donors (Lipinski definition) is 1. The molecule has 3 heterocycles. The largest absolute Gasteiger partial charge is 0.314 e. The Morgan fingerprint density at radius 3 is 2.68 bits per heavy atom. The van der Waals surface area contributed by atoms with Crippen molar-refractivity contribution in [2.24, 2.45) is 0 Å². The summed E-state index contributed by atoms with van der Waals surface area (Å²) in [6.45, 7) is 6.71. The van der Waals surface area contributed by atoms with Gasteiger partial charge in [-0.3, -0.25) is 4.90 Å². The third kappa shape index (κ3) is 2.86. The van der Waals surface area contributed by atoms with Crippen LogP contribution in [0.15, 0.2) is 5.51 Å². The number of aromatic nitrogens is 1. The first kappa shape index (κ1) is 13.5. The van der Waals surface area contributed by atoms with Gasteiger partial charge in [0.1, 0.15) is 0 Å². The third-order valence-electron chi connectivity index (χ3n) is 4.74. The molecule has 0 radical (unpaired) electrons. The minimum Gasteiger partial charge on any atom is -0.314 e. The minimum atomic E-state index is 0.760. The fourth-order valence-corrected chi connectivity index (χ4v) is 4.48. The highest BCUT2D eigenvalue weighted by Gasteiger charge is 2.40. The molecule has 4 heteroatoms. The SMILES string of the molecule is CCCNC1CC2CCC(C1)N2Cc1scnc1C. The molecule has 2 saturated heterocycles. The molecule has 0 amide bonds. The third-order valence-corrected chi connectivity index (χ3v) is 5.66. The molecule has 1 N–H and O–H groups in total. The van der Waals surface area contributed by atoms with Gasteiger partial charge in [0.25, 0.3) is 0 Å². The molecule has 2 atom stereocenters. The van der Waals surface area contributed by atoms with Crippen molar-refractivity contribution in [1.82, 2.24) is 15.2 Å². The van der Waals surface area contributed by atoms with E-state index < -0.39 is 0 Å². The number of piperidine rings is 1. The van der Waals surface area contributed by atoms with Gasteiger partial charge >= 0.3 is 0 Å². The molecule has 2 aliphatic rings. The van der Waals surface area contributed by atoms with Gasteiger partial charge in [-0.2, -0.15) is 0 Å². The Balaban J connectivity index is 1.62. The molecule has 2 aliphatic heterocycles. The van der Waals surface area contributed by atoms with Crippen LogP contribution in [0, 0.1) is 6.92 Å². The first-order valence-corrected chi connectivity index (χ1v) is 8.54. The van der Waals surface area contributed by atoms with Crippen LogP contribution in [0.5, 0.6) is 0 Å². The normalized spacial score (nSPS) is 30.9. The van der Waals surface area contributed by atoms with Crippen LogP contribution >= 0.6 is 11.3 Å². The van der Waals surface area contributed by atoms with Gasteiger partial charge in [-0.25, -0.2) is 4.98 Å². The van der Waals surface area contributed by atoms with Crippen LogP contribution < -0.4 is 5.32 Å². The summed E-state index contributed by atoms with van der Waals surface area (Å²) in [6, 6.07) is 2.36. The summed E-state index contributed by atoms with van der Waals surface area (Å²) >= 11 is 1.82. The Labute approximate surface area is 120 Å². The molecule has 3 nitrogen and oxygen atoms in total. The highest BCUT2D eigenvalue weighted by Crippen LogP contribution is 2.37. The lowest BCUT2D eigenvalue weighted by Gasteiger charge is -2.39. The molecule has 2 unspecified atom stereocenters. The lowest BCUT2D eigenvalue weighted by molar-refractivity contribution is 0.110. The smallest absolute Gasteiger partial charge is 0.0798 e. The van der Waals surface area contributed by atoms with Crippen LogP contribution in [-0.4, -0.2) is 34.6 Å². The lowest BCUT2D eigenvalue weighted by atomic mass is 9.97. The van der Waals surface area contributed by atoms with E-state index in [1.165, 1.54) is 49.2 Å². The van der Waals surface area contributed by atoms with Crippen molar-refractivity contribution in [3.8, 4) is 0 Å². The quantitative estimate of drug-likeness (QED) is 0.898. The second-order valence-electron chi connectivity index (χ2n) is 6.04. The van der Waals surface area contributed by atoms with Gasteiger partial charge in [0, 0.05) is 29.5 Å². The maximum absolute atomic E-state index is 4.39. The Hall–Kier alpha value is -0.450. The topological polar surface area (TPSA) is 28.2 Å². The number of fused-ring (bicyclic) bond motifs is 2. The van der Waals surface area contributed by atoms with Crippen molar-refractivity contribution in [2.45, 2.75) is 70.6 Å². The number of hydrogen-bond acceptors (Lipinski definition) is 4. The van der Waals surface area contributed by atoms with E-state index in [1.54, 1.807) is 0 Å². The van der Waals surface area contributed by atoms with Crippen molar-refractivity contribution in [2.75, 3.05) is 6.54 Å². The molecule has 3 rings (SSSR count). The fraction of sp³-hybridized carbons (Fsp3) is 0.800. The van der Waals surface area contributed by atoms with Gasteiger partial charge in [0.05, 0.1) is 11.2 Å². The first-order chi connectivity index (χ1) is 9.28. The predicted molar refractivity (Wildman–Crippen MR) is 80.5 cm³/mol.